The van der Waals surface area contributed by atoms with Gasteiger partial charge in [0.2, 0.25) is 0 Å². The Hall–Kier alpha value is -1.82. The van der Waals surface area contributed by atoms with Crippen molar-refractivity contribution in [3.8, 4) is 0 Å². The summed E-state index contributed by atoms with van der Waals surface area (Å²) in [5.41, 5.74) is 6.13. The Bertz CT molecular complexity index is 676. The van der Waals surface area contributed by atoms with E-state index in [9.17, 15) is 13.2 Å². The number of aromatic nitrogens is 1. The number of nitrogens with two attached hydrogens (primary N) is 1. The Morgan fingerprint density at radius 2 is 2.09 bits per heavy atom. The van der Waals surface area contributed by atoms with Crippen LogP contribution in [0.2, 0.25) is 0 Å². The standard InChI is InChI=1S/C16H18F3N3/c17-16(18,19)14-9-10(8-11-4-1-2-7-21-11)12-5-3-6-13(20)15(12)22-14/h3,5-6,9,11,21H,1-2,4,7-8,20H2. The maximum Gasteiger partial charge on any atom is 0.433 e. The van der Waals surface area contributed by atoms with Gasteiger partial charge in [0.25, 0.3) is 0 Å². The Labute approximate surface area is 126 Å². The molecule has 22 heavy (non-hydrogen) atoms. The van der Waals surface area contributed by atoms with E-state index < -0.39 is 11.9 Å². The lowest BCUT2D eigenvalue weighted by molar-refractivity contribution is -0.141. The van der Waals surface area contributed by atoms with E-state index in [1.165, 1.54) is 0 Å². The zero-order valence-electron chi connectivity index (χ0n) is 12.1. The minimum atomic E-state index is -4.47. The third-order valence-corrected chi connectivity index (χ3v) is 4.13. The summed E-state index contributed by atoms with van der Waals surface area (Å²) in [7, 11) is 0. The fourth-order valence-corrected chi connectivity index (χ4v) is 3.02. The van der Waals surface area contributed by atoms with Crippen LogP contribution < -0.4 is 11.1 Å². The molecule has 3 N–H and O–H groups in total. The van der Waals surface area contributed by atoms with Crippen molar-refractivity contribution in [3.63, 3.8) is 0 Å². The lowest BCUT2D eigenvalue weighted by Gasteiger charge is -2.24. The molecule has 0 spiro atoms. The molecular weight excluding hydrogens is 291 g/mol. The van der Waals surface area contributed by atoms with Gasteiger partial charge in [0, 0.05) is 11.4 Å². The molecule has 0 radical (unpaired) electrons. The second-order valence-corrected chi connectivity index (χ2v) is 5.76. The van der Waals surface area contributed by atoms with E-state index >= 15 is 0 Å². The molecule has 1 atom stereocenters. The van der Waals surface area contributed by atoms with Gasteiger partial charge < -0.3 is 11.1 Å². The smallest absolute Gasteiger partial charge is 0.397 e. The van der Waals surface area contributed by atoms with Gasteiger partial charge in [0.1, 0.15) is 5.69 Å². The minimum Gasteiger partial charge on any atom is -0.397 e. The maximum absolute atomic E-state index is 13.1. The molecule has 118 valence electrons. The zero-order valence-corrected chi connectivity index (χ0v) is 12.1. The first-order chi connectivity index (χ1) is 10.4. The molecule has 3 nitrogen and oxygen atoms in total. The Morgan fingerprint density at radius 1 is 1.27 bits per heavy atom. The number of anilines is 1. The molecule has 1 aliphatic heterocycles. The van der Waals surface area contributed by atoms with Crippen LogP contribution in [0.5, 0.6) is 0 Å². The molecule has 2 heterocycles. The summed E-state index contributed by atoms with van der Waals surface area (Å²) in [5.74, 6) is 0. The van der Waals surface area contributed by atoms with Gasteiger partial charge in [0.15, 0.2) is 0 Å². The van der Waals surface area contributed by atoms with E-state index in [4.69, 9.17) is 5.73 Å². The molecule has 1 saturated heterocycles. The van der Waals surface area contributed by atoms with E-state index in [-0.39, 0.29) is 17.2 Å². The minimum absolute atomic E-state index is 0.210. The molecule has 3 rings (SSSR count). The van der Waals surface area contributed by atoms with Gasteiger partial charge in [0.05, 0.1) is 11.2 Å². The van der Waals surface area contributed by atoms with Gasteiger partial charge in [-0.25, -0.2) is 4.98 Å². The number of para-hydroxylation sites is 1. The molecule has 1 fully saturated rings. The molecule has 0 aliphatic carbocycles. The van der Waals surface area contributed by atoms with Crippen molar-refractivity contribution < 1.29 is 13.2 Å². The van der Waals surface area contributed by atoms with Gasteiger partial charge in [-0.15, -0.1) is 0 Å². The number of halogens is 3. The van der Waals surface area contributed by atoms with E-state index in [0.29, 0.717) is 17.4 Å². The van der Waals surface area contributed by atoms with Crippen LogP contribution in [0.15, 0.2) is 24.3 Å². The molecular formula is C16H18F3N3. The molecule has 1 aliphatic rings. The largest absolute Gasteiger partial charge is 0.433 e. The van der Waals surface area contributed by atoms with Crippen LogP contribution in [0, 0.1) is 0 Å². The first-order valence-electron chi connectivity index (χ1n) is 7.44. The van der Waals surface area contributed by atoms with Crippen molar-refractivity contribution in [1.82, 2.24) is 10.3 Å². The molecule has 1 aromatic heterocycles. The predicted molar refractivity (Wildman–Crippen MR) is 80.5 cm³/mol. The maximum atomic E-state index is 13.1. The molecule has 1 aromatic carbocycles. The third-order valence-electron chi connectivity index (χ3n) is 4.13. The predicted octanol–water partition coefficient (Wildman–Crippen LogP) is 3.52. The number of alkyl halides is 3. The van der Waals surface area contributed by atoms with Crippen LogP contribution in [0.4, 0.5) is 18.9 Å². The van der Waals surface area contributed by atoms with Gasteiger partial charge in [-0.2, -0.15) is 13.2 Å². The molecule has 0 bridgehead atoms. The number of rotatable bonds is 2. The van der Waals surface area contributed by atoms with Crippen molar-refractivity contribution in [1.29, 1.82) is 0 Å². The number of piperidine rings is 1. The van der Waals surface area contributed by atoms with Gasteiger partial charge >= 0.3 is 6.18 Å². The summed E-state index contributed by atoms with van der Waals surface area (Å²) in [6.45, 7) is 0.919. The summed E-state index contributed by atoms with van der Waals surface area (Å²) >= 11 is 0. The number of fused-ring (bicyclic) bond motifs is 1. The number of hydrogen-bond donors (Lipinski definition) is 2. The van der Waals surface area contributed by atoms with Crippen molar-refractivity contribution in [3.05, 3.63) is 35.5 Å². The van der Waals surface area contributed by atoms with Crippen LogP contribution in [-0.2, 0) is 12.6 Å². The van der Waals surface area contributed by atoms with Gasteiger partial charge in [-0.3, -0.25) is 0 Å². The number of nitrogens with one attached hydrogen (secondary N) is 1. The summed E-state index contributed by atoms with van der Waals surface area (Å²) in [6, 6.07) is 6.50. The van der Waals surface area contributed by atoms with Crippen LogP contribution in [0.1, 0.15) is 30.5 Å². The SMILES string of the molecule is Nc1cccc2c(CC3CCCCN3)cc(C(F)(F)F)nc12. The van der Waals surface area contributed by atoms with E-state index in [0.717, 1.165) is 31.9 Å². The van der Waals surface area contributed by atoms with Crippen molar-refractivity contribution >= 4 is 16.6 Å². The fourth-order valence-electron chi connectivity index (χ4n) is 3.02. The Balaban J connectivity index is 2.07. The van der Waals surface area contributed by atoms with Gasteiger partial charge in [-0.1, -0.05) is 18.6 Å². The lowest BCUT2D eigenvalue weighted by atomic mass is 9.95. The second-order valence-electron chi connectivity index (χ2n) is 5.76. The van der Waals surface area contributed by atoms with E-state index in [1.807, 2.05) is 0 Å². The van der Waals surface area contributed by atoms with Crippen molar-refractivity contribution in [2.24, 2.45) is 0 Å². The Morgan fingerprint density at radius 3 is 2.77 bits per heavy atom. The molecule has 2 aromatic rings. The topological polar surface area (TPSA) is 50.9 Å². The summed E-state index contributed by atoms with van der Waals surface area (Å²) < 4.78 is 39.3. The summed E-state index contributed by atoms with van der Waals surface area (Å²) in [5, 5.41) is 4.08. The van der Waals surface area contributed by atoms with Crippen LogP contribution >= 0.6 is 0 Å². The first-order valence-corrected chi connectivity index (χ1v) is 7.44. The molecule has 1 unspecified atom stereocenters. The fraction of sp³-hybridized carbons (Fsp3) is 0.438. The van der Waals surface area contributed by atoms with Crippen molar-refractivity contribution in [2.75, 3.05) is 12.3 Å². The highest BCUT2D eigenvalue weighted by Gasteiger charge is 2.33. The van der Waals surface area contributed by atoms with Crippen LogP contribution in [-0.4, -0.2) is 17.6 Å². The normalized spacial score (nSPS) is 19.5. The summed E-state index contributed by atoms with van der Waals surface area (Å²) in [4.78, 5) is 3.73. The Kier molecular flexibility index (Phi) is 3.95. The molecule has 0 saturated carbocycles. The number of pyridine rings is 1. The molecule has 6 heteroatoms. The number of nitrogen functional groups attached to an aromatic ring is 1. The average Bonchev–Trinajstić information content (AvgIpc) is 2.48. The number of nitrogens with zero attached hydrogens (tertiary/aromatic N) is 1. The van der Waals surface area contributed by atoms with Gasteiger partial charge in [-0.05, 0) is 43.5 Å². The monoisotopic (exact) mass is 309 g/mol. The highest BCUT2D eigenvalue weighted by Crippen LogP contribution is 2.33. The zero-order chi connectivity index (χ0) is 15.7. The highest BCUT2D eigenvalue weighted by atomic mass is 19.4. The number of benzene rings is 1. The third kappa shape index (κ3) is 3.02. The van der Waals surface area contributed by atoms with Crippen molar-refractivity contribution in [2.45, 2.75) is 37.9 Å². The molecule has 0 amide bonds. The van der Waals surface area contributed by atoms with Crippen LogP contribution in [0.3, 0.4) is 0 Å². The number of hydrogen-bond acceptors (Lipinski definition) is 3. The average molecular weight is 309 g/mol. The second kappa shape index (κ2) is 5.76. The first kappa shape index (κ1) is 15.1. The lowest BCUT2D eigenvalue weighted by Crippen LogP contribution is -2.35. The highest BCUT2D eigenvalue weighted by molar-refractivity contribution is 5.91. The summed E-state index contributed by atoms with van der Waals surface area (Å²) in [6.07, 6.45) is -0.701. The van der Waals surface area contributed by atoms with Crippen LogP contribution in [0.25, 0.3) is 10.9 Å². The quantitative estimate of drug-likeness (QED) is 0.835. The van der Waals surface area contributed by atoms with E-state index in [1.54, 1.807) is 18.2 Å². The van der Waals surface area contributed by atoms with E-state index in [2.05, 4.69) is 10.3 Å².